The predicted molar refractivity (Wildman–Crippen MR) is 87.9 cm³/mol. The van der Waals surface area contributed by atoms with Crippen molar-refractivity contribution in [3.8, 4) is 0 Å². The Balaban J connectivity index is 2.49. The van der Waals surface area contributed by atoms with Crippen molar-refractivity contribution >= 4 is 48.7 Å². The van der Waals surface area contributed by atoms with Gasteiger partial charge in [-0.25, -0.2) is 8.42 Å². The molecule has 0 atom stereocenters. The van der Waals surface area contributed by atoms with Gasteiger partial charge in [0, 0.05) is 4.88 Å². The molecular formula is C13H15BrN2O2S2. The Labute approximate surface area is 131 Å². The minimum atomic E-state index is -3.63. The van der Waals surface area contributed by atoms with Crippen LogP contribution in [0, 0.1) is 20.8 Å². The van der Waals surface area contributed by atoms with E-state index in [4.69, 9.17) is 5.73 Å². The first-order valence-electron chi connectivity index (χ1n) is 5.87. The number of nitrogens with one attached hydrogen (secondary N) is 1. The second-order valence-corrected chi connectivity index (χ2v) is 8.83. The quantitative estimate of drug-likeness (QED) is 0.802. The van der Waals surface area contributed by atoms with Crippen LogP contribution in [0.4, 0.5) is 11.4 Å². The maximum atomic E-state index is 12.5. The minimum Gasteiger partial charge on any atom is -0.397 e. The molecule has 0 spiro atoms. The summed E-state index contributed by atoms with van der Waals surface area (Å²) in [5.41, 5.74) is 8.58. The summed E-state index contributed by atoms with van der Waals surface area (Å²) in [4.78, 5) is 1.00. The minimum absolute atomic E-state index is 0.273. The summed E-state index contributed by atoms with van der Waals surface area (Å²) in [5.74, 6) is 0. The molecule has 0 amide bonds. The van der Waals surface area contributed by atoms with Crippen molar-refractivity contribution in [1.82, 2.24) is 0 Å². The van der Waals surface area contributed by atoms with Crippen molar-refractivity contribution in [2.75, 3.05) is 10.5 Å². The molecular weight excluding hydrogens is 360 g/mol. The third-order valence-electron chi connectivity index (χ3n) is 3.14. The molecule has 3 N–H and O–H groups in total. The van der Waals surface area contributed by atoms with Crippen LogP contribution in [0.5, 0.6) is 0 Å². The number of aryl methyl sites for hydroxylation is 2. The number of hydrogen-bond acceptors (Lipinski definition) is 4. The fourth-order valence-electron chi connectivity index (χ4n) is 1.86. The Bertz CT molecular complexity index is 767. The van der Waals surface area contributed by atoms with Gasteiger partial charge in [-0.15, -0.1) is 11.3 Å². The van der Waals surface area contributed by atoms with Gasteiger partial charge in [0.2, 0.25) is 0 Å². The van der Waals surface area contributed by atoms with Crippen molar-refractivity contribution in [1.29, 1.82) is 0 Å². The normalized spacial score (nSPS) is 11.6. The van der Waals surface area contributed by atoms with E-state index >= 15 is 0 Å². The van der Waals surface area contributed by atoms with E-state index in [1.807, 2.05) is 19.9 Å². The molecule has 2 aromatic rings. The van der Waals surface area contributed by atoms with Crippen LogP contribution in [0.2, 0.25) is 0 Å². The van der Waals surface area contributed by atoms with Gasteiger partial charge in [0.15, 0.2) is 0 Å². The smallest absolute Gasteiger partial charge is 0.263 e. The zero-order valence-corrected chi connectivity index (χ0v) is 14.5. The van der Waals surface area contributed by atoms with E-state index in [-0.39, 0.29) is 4.90 Å². The maximum absolute atomic E-state index is 12.5. The lowest BCUT2D eigenvalue weighted by Gasteiger charge is -2.14. The molecule has 0 unspecified atom stereocenters. The Morgan fingerprint density at radius 3 is 2.45 bits per heavy atom. The summed E-state index contributed by atoms with van der Waals surface area (Å²) in [6.07, 6.45) is 0. The Morgan fingerprint density at radius 2 is 1.90 bits per heavy atom. The van der Waals surface area contributed by atoms with Crippen LogP contribution in [-0.4, -0.2) is 8.42 Å². The topological polar surface area (TPSA) is 72.2 Å². The van der Waals surface area contributed by atoms with Crippen LogP contribution in [0.25, 0.3) is 0 Å². The number of thiophene rings is 1. The summed E-state index contributed by atoms with van der Waals surface area (Å²) < 4.78 is 28.3. The highest BCUT2D eigenvalue weighted by Gasteiger charge is 2.21. The number of nitrogen functional groups attached to an aromatic ring is 1. The van der Waals surface area contributed by atoms with Crippen molar-refractivity contribution in [2.45, 2.75) is 25.7 Å². The van der Waals surface area contributed by atoms with Crippen LogP contribution in [-0.2, 0) is 10.0 Å². The molecule has 7 heteroatoms. The van der Waals surface area contributed by atoms with Gasteiger partial charge in [0.05, 0.1) is 15.2 Å². The fourth-order valence-corrected chi connectivity index (χ4v) is 5.43. The molecule has 0 bridgehead atoms. The van der Waals surface area contributed by atoms with Gasteiger partial charge < -0.3 is 5.73 Å². The Kier molecular flexibility index (Phi) is 4.13. The molecule has 108 valence electrons. The zero-order chi connectivity index (χ0) is 15.1. The van der Waals surface area contributed by atoms with Gasteiger partial charge in [-0.05, 0) is 60.0 Å². The van der Waals surface area contributed by atoms with Crippen molar-refractivity contribution in [3.63, 3.8) is 0 Å². The highest BCUT2D eigenvalue weighted by atomic mass is 79.9. The van der Waals surface area contributed by atoms with Crippen molar-refractivity contribution < 1.29 is 8.42 Å². The molecule has 0 aliphatic heterocycles. The number of nitrogens with two attached hydrogens (primary N) is 1. The molecule has 0 radical (unpaired) electrons. The number of hydrogen-bond donors (Lipinski definition) is 2. The predicted octanol–water partition coefficient (Wildman–Crippen LogP) is 3.82. The Morgan fingerprint density at radius 1 is 1.25 bits per heavy atom. The largest absolute Gasteiger partial charge is 0.397 e. The Hall–Kier alpha value is -1.05. The van der Waals surface area contributed by atoms with Crippen LogP contribution < -0.4 is 10.5 Å². The second-order valence-electron chi connectivity index (χ2n) is 4.55. The lowest BCUT2D eigenvalue weighted by atomic mass is 10.1. The van der Waals surface area contributed by atoms with Gasteiger partial charge in [0.25, 0.3) is 10.0 Å². The number of anilines is 2. The SMILES string of the molecule is Cc1ccc(N)c(NS(=O)(=O)c2cc(Br)sc2C)c1C. The lowest BCUT2D eigenvalue weighted by molar-refractivity contribution is 0.601. The number of benzene rings is 1. The molecule has 0 fully saturated rings. The molecule has 0 saturated carbocycles. The van der Waals surface area contributed by atoms with E-state index in [2.05, 4.69) is 20.7 Å². The van der Waals surface area contributed by atoms with Crippen LogP contribution >= 0.6 is 27.3 Å². The van der Waals surface area contributed by atoms with E-state index in [9.17, 15) is 8.42 Å². The molecule has 4 nitrogen and oxygen atoms in total. The van der Waals surface area contributed by atoms with Crippen molar-refractivity contribution in [3.05, 3.63) is 38.0 Å². The standard InChI is InChI=1S/C13H15BrN2O2S2/c1-7-4-5-10(15)13(8(7)2)16-20(17,18)11-6-12(14)19-9(11)3/h4-6,16H,15H2,1-3H3. The number of halogens is 1. The molecule has 0 aliphatic rings. The fraction of sp³-hybridized carbons (Fsp3) is 0.231. The summed E-state index contributed by atoms with van der Waals surface area (Å²) >= 11 is 4.69. The first kappa shape index (κ1) is 15.3. The van der Waals surface area contributed by atoms with E-state index in [1.54, 1.807) is 19.1 Å². The third kappa shape index (κ3) is 2.84. The first-order valence-corrected chi connectivity index (χ1v) is 8.96. The molecule has 0 aliphatic carbocycles. The first-order chi connectivity index (χ1) is 9.22. The number of sulfonamides is 1. The van der Waals surface area contributed by atoms with E-state index < -0.39 is 10.0 Å². The average Bonchev–Trinajstić information content (AvgIpc) is 2.70. The van der Waals surface area contributed by atoms with Crippen LogP contribution in [0.1, 0.15) is 16.0 Å². The van der Waals surface area contributed by atoms with E-state index in [0.717, 1.165) is 19.8 Å². The van der Waals surface area contributed by atoms with Gasteiger partial charge in [0.1, 0.15) is 4.90 Å². The molecule has 0 saturated heterocycles. The highest BCUT2D eigenvalue weighted by Crippen LogP contribution is 2.33. The van der Waals surface area contributed by atoms with E-state index in [0.29, 0.717) is 11.4 Å². The van der Waals surface area contributed by atoms with Crippen LogP contribution in [0.15, 0.2) is 26.9 Å². The monoisotopic (exact) mass is 374 g/mol. The van der Waals surface area contributed by atoms with Gasteiger partial charge >= 0.3 is 0 Å². The summed E-state index contributed by atoms with van der Waals surface area (Å²) in [7, 11) is -3.63. The van der Waals surface area contributed by atoms with Gasteiger partial charge in [-0.3, -0.25) is 4.72 Å². The van der Waals surface area contributed by atoms with Crippen molar-refractivity contribution in [2.24, 2.45) is 0 Å². The molecule has 1 aromatic heterocycles. The summed E-state index contributed by atoms with van der Waals surface area (Å²) in [6.45, 7) is 5.54. The van der Waals surface area contributed by atoms with Gasteiger partial charge in [-0.1, -0.05) is 6.07 Å². The lowest BCUT2D eigenvalue weighted by Crippen LogP contribution is -2.15. The molecule has 20 heavy (non-hydrogen) atoms. The molecule has 2 rings (SSSR count). The molecule has 1 heterocycles. The van der Waals surface area contributed by atoms with Gasteiger partial charge in [-0.2, -0.15) is 0 Å². The maximum Gasteiger partial charge on any atom is 0.263 e. The highest BCUT2D eigenvalue weighted by molar-refractivity contribution is 9.11. The molecule has 1 aromatic carbocycles. The number of rotatable bonds is 3. The third-order valence-corrected chi connectivity index (χ3v) is 6.29. The average molecular weight is 375 g/mol. The summed E-state index contributed by atoms with van der Waals surface area (Å²) in [6, 6.07) is 5.18. The van der Waals surface area contributed by atoms with E-state index in [1.165, 1.54) is 11.3 Å². The zero-order valence-electron chi connectivity index (χ0n) is 11.3. The van der Waals surface area contributed by atoms with Crippen LogP contribution in [0.3, 0.4) is 0 Å². The summed E-state index contributed by atoms with van der Waals surface area (Å²) in [5, 5.41) is 0. The second kappa shape index (κ2) is 5.38.